The highest BCUT2D eigenvalue weighted by atomic mass is 32.1. The molecule has 2 atom stereocenters. The number of thiophene rings is 1. The highest BCUT2D eigenvalue weighted by molar-refractivity contribution is 7.09. The minimum Gasteiger partial charge on any atom is -0.356 e. The van der Waals surface area contributed by atoms with Crippen LogP contribution in [0.25, 0.3) is 0 Å². The van der Waals surface area contributed by atoms with E-state index in [0.29, 0.717) is 12.0 Å². The van der Waals surface area contributed by atoms with E-state index in [4.69, 9.17) is 0 Å². The zero-order valence-corrected chi connectivity index (χ0v) is 14.2. The summed E-state index contributed by atoms with van der Waals surface area (Å²) in [5, 5.41) is 9.05. The molecule has 21 heavy (non-hydrogen) atoms. The Morgan fingerprint density at radius 3 is 3.00 bits per heavy atom. The van der Waals surface area contributed by atoms with E-state index in [1.165, 1.54) is 24.3 Å². The van der Waals surface area contributed by atoms with Gasteiger partial charge in [-0.3, -0.25) is 4.99 Å². The molecule has 1 aromatic rings. The van der Waals surface area contributed by atoms with Crippen molar-refractivity contribution < 1.29 is 0 Å². The van der Waals surface area contributed by atoms with Gasteiger partial charge in [0.15, 0.2) is 5.96 Å². The third-order valence-electron chi connectivity index (χ3n) is 4.15. The van der Waals surface area contributed by atoms with Crippen LogP contribution < -0.4 is 10.6 Å². The lowest BCUT2D eigenvalue weighted by atomic mass is 10.1. The molecular formula is C16H28N4S. The molecule has 1 aromatic heterocycles. The molecule has 1 saturated heterocycles. The van der Waals surface area contributed by atoms with Gasteiger partial charge in [0.1, 0.15) is 0 Å². The lowest BCUT2D eigenvalue weighted by molar-refractivity contribution is 0.309. The van der Waals surface area contributed by atoms with Crippen LogP contribution in [0.2, 0.25) is 0 Å². The van der Waals surface area contributed by atoms with Gasteiger partial charge in [-0.05, 0) is 50.2 Å². The van der Waals surface area contributed by atoms with Crippen molar-refractivity contribution in [1.82, 2.24) is 15.5 Å². The van der Waals surface area contributed by atoms with Crippen molar-refractivity contribution in [2.24, 2.45) is 10.9 Å². The molecule has 1 aliphatic rings. The maximum absolute atomic E-state index is 4.32. The Balaban J connectivity index is 1.67. The summed E-state index contributed by atoms with van der Waals surface area (Å²) in [7, 11) is 4.05. The van der Waals surface area contributed by atoms with Gasteiger partial charge in [0.25, 0.3) is 0 Å². The van der Waals surface area contributed by atoms with Crippen LogP contribution in [0.4, 0.5) is 0 Å². The van der Waals surface area contributed by atoms with E-state index in [-0.39, 0.29) is 0 Å². The Bertz CT molecular complexity index is 429. The summed E-state index contributed by atoms with van der Waals surface area (Å²) in [6, 6.07) is 4.98. The molecule has 2 N–H and O–H groups in total. The molecule has 118 valence electrons. The third-order valence-corrected chi connectivity index (χ3v) is 5.05. The average Bonchev–Trinajstić information content (AvgIpc) is 3.11. The van der Waals surface area contributed by atoms with E-state index in [1.807, 2.05) is 18.4 Å². The van der Waals surface area contributed by atoms with Gasteiger partial charge < -0.3 is 15.5 Å². The van der Waals surface area contributed by atoms with Crippen LogP contribution in [0.15, 0.2) is 22.5 Å². The van der Waals surface area contributed by atoms with Crippen LogP contribution in [0.5, 0.6) is 0 Å². The molecule has 1 aliphatic heterocycles. The second-order valence-corrected chi connectivity index (χ2v) is 7.03. The normalized spacial score (nSPS) is 21.5. The predicted octanol–water partition coefficient (Wildman–Crippen LogP) is 2.19. The molecule has 2 rings (SSSR count). The van der Waals surface area contributed by atoms with Gasteiger partial charge in [0.05, 0.1) is 0 Å². The van der Waals surface area contributed by atoms with Crippen LogP contribution >= 0.6 is 11.3 Å². The number of hydrogen-bond donors (Lipinski definition) is 2. The van der Waals surface area contributed by atoms with Gasteiger partial charge in [-0.2, -0.15) is 0 Å². The Morgan fingerprint density at radius 1 is 1.52 bits per heavy atom. The molecule has 2 heterocycles. The van der Waals surface area contributed by atoms with Gasteiger partial charge >= 0.3 is 0 Å². The first-order valence-corrected chi connectivity index (χ1v) is 8.74. The average molecular weight is 308 g/mol. The number of aliphatic imine (C=N–C) groups is 1. The smallest absolute Gasteiger partial charge is 0.191 e. The number of nitrogens with zero attached hydrogens (tertiary/aromatic N) is 2. The third kappa shape index (κ3) is 5.32. The minimum atomic E-state index is 0.608. The monoisotopic (exact) mass is 308 g/mol. The van der Waals surface area contributed by atoms with E-state index in [9.17, 15) is 0 Å². The first-order chi connectivity index (χ1) is 10.2. The SMILES string of the molecule is CN=C(NCC(C)Cc1cccs1)NCC1CCCN1C. The van der Waals surface area contributed by atoms with Crippen molar-refractivity contribution in [3.63, 3.8) is 0 Å². The molecule has 0 aromatic carbocycles. The van der Waals surface area contributed by atoms with Crippen molar-refractivity contribution >= 4 is 17.3 Å². The summed E-state index contributed by atoms with van der Waals surface area (Å²) in [6.45, 7) is 5.44. The number of hydrogen-bond acceptors (Lipinski definition) is 3. The summed E-state index contributed by atoms with van der Waals surface area (Å²) in [4.78, 5) is 8.21. The Hall–Kier alpha value is -1.07. The van der Waals surface area contributed by atoms with Crippen LogP contribution in [0, 0.1) is 5.92 Å². The fourth-order valence-electron chi connectivity index (χ4n) is 2.79. The maximum Gasteiger partial charge on any atom is 0.191 e. The first kappa shape index (κ1) is 16.3. The highest BCUT2D eigenvalue weighted by Crippen LogP contribution is 2.14. The Morgan fingerprint density at radius 2 is 2.38 bits per heavy atom. The zero-order valence-electron chi connectivity index (χ0n) is 13.4. The van der Waals surface area contributed by atoms with E-state index in [1.54, 1.807) is 0 Å². The summed E-state index contributed by atoms with van der Waals surface area (Å²) < 4.78 is 0. The molecule has 0 amide bonds. The van der Waals surface area contributed by atoms with E-state index in [2.05, 4.69) is 52.0 Å². The molecule has 1 fully saturated rings. The standard InChI is InChI=1S/C16H28N4S/c1-13(10-15-7-5-9-21-15)11-18-16(17-2)19-12-14-6-4-8-20(14)3/h5,7,9,13-14H,4,6,8,10-12H2,1-3H3,(H2,17,18,19). The predicted molar refractivity (Wildman–Crippen MR) is 92.2 cm³/mol. The molecule has 0 spiro atoms. The first-order valence-electron chi connectivity index (χ1n) is 7.86. The number of rotatable bonds is 6. The molecular weight excluding hydrogens is 280 g/mol. The van der Waals surface area contributed by atoms with Gasteiger partial charge in [-0.1, -0.05) is 13.0 Å². The summed E-state index contributed by atoms with van der Waals surface area (Å²) in [6.07, 6.45) is 3.73. The maximum atomic E-state index is 4.32. The fraction of sp³-hybridized carbons (Fsp3) is 0.688. The van der Waals surface area contributed by atoms with Crippen LogP contribution in [-0.4, -0.2) is 50.6 Å². The second-order valence-electron chi connectivity index (χ2n) is 6.00. The van der Waals surface area contributed by atoms with Gasteiger partial charge in [0.2, 0.25) is 0 Å². The molecule has 0 bridgehead atoms. The van der Waals surface area contributed by atoms with Crippen molar-refractivity contribution in [1.29, 1.82) is 0 Å². The minimum absolute atomic E-state index is 0.608. The van der Waals surface area contributed by atoms with Crippen molar-refractivity contribution in [3.05, 3.63) is 22.4 Å². The quantitative estimate of drug-likeness (QED) is 0.625. The van der Waals surface area contributed by atoms with Crippen molar-refractivity contribution in [2.75, 3.05) is 33.7 Å². The van der Waals surface area contributed by atoms with Crippen molar-refractivity contribution in [3.8, 4) is 0 Å². The zero-order chi connectivity index (χ0) is 15.1. The molecule has 4 nitrogen and oxygen atoms in total. The van der Waals surface area contributed by atoms with Crippen LogP contribution in [0.3, 0.4) is 0 Å². The van der Waals surface area contributed by atoms with E-state index in [0.717, 1.165) is 25.5 Å². The second kappa shape index (κ2) is 8.39. The molecule has 0 radical (unpaired) electrons. The number of likely N-dealkylation sites (N-methyl/N-ethyl adjacent to an activating group) is 1. The number of guanidine groups is 1. The molecule has 0 saturated carbocycles. The molecule has 5 heteroatoms. The van der Waals surface area contributed by atoms with E-state index < -0.39 is 0 Å². The summed E-state index contributed by atoms with van der Waals surface area (Å²) in [5.74, 6) is 1.53. The Labute approximate surface area is 132 Å². The molecule has 2 unspecified atom stereocenters. The lowest BCUT2D eigenvalue weighted by Crippen LogP contribution is -2.45. The summed E-state index contributed by atoms with van der Waals surface area (Å²) >= 11 is 1.84. The number of nitrogens with one attached hydrogen (secondary N) is 2. The number of likely N-dealkylation sites (tertiary alicyclic amines) is 1. The largest absolute Gasteiger partial charge is 0.356 e. The van der Waals surface area contributed by atoms with Gasteiger partial charge in [-0.25, -0.2) is 0 Å². The van der Waals surface area contributed by atoms with Crippen molar-refractivity contribution in [2.45, 2.75) is 32.2 Å². The fourth-order valence-corrected chi connectivity index (χ4v) is 3.66. The summed E-state index contributed by atoms with van der Waals surface area (Å²) in [5.41, 5.74) is 0. The van der Waals surface area contributed by atoms with E-state index >= 15 is 0 Å². The topological polar surface area (TPSA) is 39.7 Å². The van der Waals surface area contributed by atoms with Gasteiger partial charge in [-0.15, -0.1) is 11.3 Å². The van der Waals surface area contributed by atoms with Crippen LogP contribution in [-0.2, 0) is 6.42 Å². The molecule has 0 aliphatic carbocycles. The Kier molecular flexibility index (Phi) is 6.51. The lowest BCUT2D eigenvalue weighted by Gasteiger charge is -2.22. The van der Waals surface area contributed by atoms with Crippen LogP contribution in [0.1, 0.15) is 24.6 Å². The van der Waals surface area contributed by atoms with Gasteiger partial charge in [0, 0.05) is 31.1 Å². The highest BCUT2D eigenvalue weighted by Gasteiger charge is 2.20.